The SMILES string of the molecule is CCC(N)(CC)CC.NCC(O)C(O)CO. The molecule has 0 saturated heterocycles. The van der Waals surface area contributed by atoms with E-state index >= 15 is 0 Å². The Hall–Kier alpha value is -0.200. The summed E-state index contributed by atoms with van der Waals surface area (Å²) in [4.78, 5) is 0. The fourth-order valence-corrected chi connectivity index (χ4v) is 1.03. The smallest absolute Gasteiger partial charge is 0.104 e. The molecule has 0 aromatic carbocycles. The van der Waals surface area contributed by atoms with Crippen molar-refractivity contribution in [1.82, 2.24) is 0 Å². The molecule has 100 valence electrons. The molecule has 5 heteroatoms. The van der Waals surface area contributed by atoms with E-state index in [1.54, 1.807) is 0 Å². The van der Waals surface area contributed by atoms with Crippen molar-refractivity contribution in [2.24, 2.45) is 11.5 Å². The number of hydrogen-bond acceptors (Lipinski definition) is 5. The predicted molar refractivity (Wildman–Crippen MR) is 65.9 cm³/mol. The minimum atomic E-state index is -1.10. The van der Waals surface area contributed by atoms with Crippen LogP contribution in [-0.2, 0) is 0 Å². The first-order valence-electron chi connectivity index (χ1n) is 5.86. The lowest BCUT2D eigenvalue weighted by Gasteiger charge is -2.23. The van der Waals surface area contributed by atoms with Gasteiger partial charge < -0.3 is 26.8 Å². The van der Waals surface area contributed by atoms with Gasteiger partial charge in [-0.05, 0) is 19.3 Å². The van der Waals surface area contributed by atoms with Crippen molar-refractivity contribution in [1.29, 1.82) is 0 Å². The topological polar surface area (TPSA) is 113 Å². The summed E-state index contributed by atoms with van der Waals surface area (Å²) in [6, 6.07) is 0. The minimum absolute atomic E-state index is 0.0261. The summed E-state index contributed by atoms with van der Waals surface area (Å²) in [5.74, 6) is 0. The molecular weight excluding hydrogens is 208 g/mol. The predicted octanol–water partition coefficient (Wildman–Crippen LogP) is -0.427. The largest absolute Gasteiger partial charge is 0.394 e. The van der Waals surface area contributed by atoms with Crippen LogP contribution in [0.25, 0.3) is 0 Å². The highest BCUT2D eigenvalue weighted by atomic mass is 16.4. The van der Waals surface area contributed by atoms with Crippen molar-refractivity contribution in [3.8, 4) is 0 Å². The number of nitrogens with two attached hydrogens (primary N) is 2. The molecule has 0 bridgehead atoms. The highest BCUT2D eigenvalue weighted by Crippen LogP contribution is 2.14. The third-order valence-corrected chi connectivity index (χ3v) is 2.99. The molecule has 16 heavy (non-hydrogen) atoms. The molecule has 0 radical (unpaired) electrons. The normalized spacial score (nSPS) is 15.0. The van der Waals surface area contributed by atoms with Gasteiger partial charge in [-0.15, -0.1) is 0 Å². The molecule has 2 unspecified atom stereocenters. The average molecular weight is 236 g/mol. The van der Waals surface area contributed by atoms with Crippen LogP contribution in [0.4, 0.5) is 0 Å². The van der Waals surface area contributed by atoms with E-state index in [9.17, 15) is 0 Å². The third-order valence-electron chi connectivity index (χ3n) is 2.99. The van der Waals surface area contributed by atoms with E-state index in [0.717, 1.165) is 19.3 Å². The molecule has 7 N–H and O–H groups in total. The molecule has 0 saturated carbocycles. The molecule has 0 aromatic heterocycles. The van der Waals surface area contributed by atoms with Crippen LogP contribution in [0.1, 0.15) is 40.0 Å². The van der Waals surface area contributed by atoms with Crippen molar-refractivity contribution < 1.29 is 15.3 Å². The third kappa shape index (κ3) is 8.01. The van der Waals surface area contributed by atoms with Crippen LogP contribution in [0.2, 0.25) is 0 Å². The maximum Gasteiger partial charge on any atom is 0.104 e. The van der Waals surface area contributed by atoms with Crippen LogP contribution in [0.3, 0.4) is 0 Å². The number of rotatable bonds is 6. The Morgan fingerprint density at radius 2 is 1.38 bits per heavy atom. The van der Waals surface area contributed by atoms with Gasteiger partial charge >= 0.3 is 0 Å². The van der Waals surface area contributed by atoms with Gasteiger partial charge in [-0.1, -0.05) is 20.8 Å². The van der Waals surface area contributed by atoms with E-state index in [1.165, 1.54) is 0 Å². The number of hydrogen-bond donors (Lipinski definition) is 5. The lowest BCUT2D eigenvalue weighted by molar-refractivity contribution is -0.00894. The molecule has 2 atom stereocenters. The first-order chi connectivity index (χ1) is 7.40. The summed E-state index contributed by atoms with van der Waals surface area (Å²) in [5.41, 5.74) is 10.9. The van der Waals surface area contributed by atoms with Gasteiger partial charge in [-0.2, -0.15) is 0 Å². The Balaban J connectivity index is 0. The van der Waals surface area contributed by atoms with Crippen molar-refractivity contribution in [2.45, 2.75) is 57.8 Å². The van der Waals surface area contributed by atoms with Crippen LogP contribution >= 0.6 is 0 Å². The molecule has 0 aliphatic carbocycles. The molecular formula is C11H28N2O3. The van der Waals surface area contributed by atoms with Crippen molar-refractivity contribution >= 4 is 0 Å². The van der Waals surface area contributed by atoms with Gasteiger partial charge in [0, 0.05) is 12.1 Å². The van der Waals surface area contributed by atoms with Crippen LogP contribution < -0.4 is 11.5 Å². The molecule has 0 aliphatic rings. The molecule has 0 aliphatic heterocycles. The molecule has 0 amide bonds. The average Bonchev–Trinajstić information content (AvgIpc) is 2.36. The van der Waals surface area contributed by atoms with Crippen molar-refractivity contribution in [2.75, 3.05) is 13.2 Å². The van der Waals surface area contributed by atoms with Crippen LogP contribution in [-0.4, -0.2) is 46.2 Å². The van der Waals surface area contributed by atoms with E-state index in [0.29, 0.717) is 0 Å². The molecule has 0 rings (SSSR count). The summed E-state index contributed by atoms with van der Waals surface area (Å²) < 4.78 is 0. The number of aliphatic hydroxyl groups is 3. The lowest BCUT2D eigenvalue weighted by Crippen LogP contribution is -2.37. The van der Waals surface area contributed by atoms with Gasteiger partial charge in [0.1, 0.15) is 6.10 Å². The molecule has 0 fully saturated rings. The van der Waals surface area contributed by atoms with E-state index in [2.05, 4.69) is 20.8 Å². The van der Waals surface area contributed by atoms with Crippen LogP contribution in [0, 0.1) is 0 Å². The quantitative estimate of drug-likeness (QED) is 0.430. The van der Waals surface area contributed by atoms with Gasteiger partial charge in [0.25, 0.3) is 0 Å². The van der Waals surface area contributed by atoms with E-state index in [1.807, 2.05) is 0 Å². The number of aliphatic hydroxyl groups excluding tert-OH is 3. The van der Waals surface area contributed by atoms with E-state index in [-0.39, 0.29) is 12.1 Å². The second-order valence-corrected chi connectivity index (χ2v) is 3.98. The first-order valence-corrected chi connectivity index (χ1v) is 5.86. The minimum Gasteiger partial charge on any atom is -0.394 e. The molecule has 0 aromatic rings. The van der Waals surface area contributed by atoms with Gasteiger partial charge in [-0.3, -0.25) is 0 Å². The Labute approximate surface area is 98.5 Å². The highest BCUT2D eigenvalue weighted by Gasteiger charge is 2.15. The molecule has 0 heterocycles. The van der Waals surface area contributed by atoms with Crippen molar-refractivity contribution in [3.05, 3.63) is 0 Å². The Morgan fingerprint density at radius 1 is 1.00 bits per heavy atom. The second-order valence-electron chi connectivity index (χ2n) is 3.98. The maximum atomic E-state index is 8.59. The summed E-state index contributed by atoms with van der Waals surface area (Å²) in [6.45, 7) is 5.97. The fraction of sp³-hybridized carbons (Fsp3) is 1.00. The maximum absolute atomic E-state index is 8.59. The Kier molecular flexibility index (Phi) is 11.3. The van der Waals surface area contributed by atoms with Gasteiger partial charge in [0.05, 0.1) is 12.7 Å². The first kappa shape index (κ1) is 18.2. The zero-order valence-electron chi connectivity index (χ0n) is 10.7. The van der Waals surface area contributed by atoms with Crippen LogP contribution in [0.15, 0.2) is 0 Å². The zero-order chi connectivity index (χ0) is 13.2. The van der Waals surface area contributed by atoms with Crippen molar-refractivity contribution in [3.63, 3.8) is 0 Å². The highest BCUT2D eigenvalue weighted by molar-refractivity contribution is 4.77. The van der Waals surface area contributed by atoms with Crippen LogP contribution in [0.5, 0.6) is 0 Å². The Morgan fingerprint density at radius 3 is 1.44 bits per heavy atom. The van der Waals surface area contributed by atoms with E-state index < -0.39 is 18.8 Å². The summed E-state index contributed by atoms with van der Waals surface area (Å²) in [6.07, 6.45) is 1.19. The second kappa shape index (κ2) is 9.99. The molecule has 0 spiro atoms. The zero-order valence-corrected chi connectivity index (χ0v) is 10.7. The summed E-state index contributed by atoms with van der Waals surface area (Å²) >= 11 is 0. The monoisotopic (exact) mass is 236 g/mol. The summed E-state index contributed by atoms with van der Waals surface area (Å²) in [7, 11) is 0. The fourth-order valence-electron chi connectivity index (χ4n) is 1.03. The van der Waals surface area contributed by atoms with Gasteiger partial charge in [0.15, 0.2) is 0 Å². The van der Waals surface area contributed by atoms with Gasteiger partial charge in [-0.25, -0.2) is 0 Å². The summed E-state index contributed by atoms with van der Waals surface area (Å²) in [5, 5.41) is 25.3. The standard InChI is InChI=1S/C7H17N.C4H11NO3/c1-4-7(8,5-2)6-3;5-1-3(7)4(8)2-6/h4-6,8H2,1-3H3;3-4,6-8H,1-2,5H2. The Bertz CT molecular complexity index is 136. The lowest BCUT2D eigenvalue weighted by atomic mass is 9.92. The molecule has 5 nitrogen and oxygen atoms in total. The van der Waals surface area contributed by atoms with E-state index in [4.69, 9.17) is 26.8 Å². The van der Waals surface area contributed by atoms with Gasteiger partial charge in [0.2, 0.25) is 0 Å².